The zero-order valence-corrected chi connectivity index (χ0v) is 18.4. The Kier molecular flexibility index (Phi) is 7.31. The maximum atomic E-state index is 13.5. The van der Waals surface area contributed by atoms with Crippen molar-refractivity contribution in [3.8, 4) is 17.0 Å². The Labute approximate surface area is 190 Å². The van der Waals surface area contributed by atoms with Gasteiger partial charge in [0.2, 0.25) is 0 Å². The highest BCUT2D eigenvalue weighted by atomic mass is 19.2. The van der Waals surface area contributed by atoms with Crippen LogP contribution in [-0.2, 0) is 11.8 Å². The van der Waals surface area contributed by atoms with Gasteiger partial charge in [0.15, 0.2) is 11.6 Å². The molecule has 1 fully saturated rings. The van der Waals surface area contributed by atoms with E-state index in [0.717, 1.165) is 62.7 Å². The number of carbonyl (C=O) groups is 1. The molecule has 2 heterocycles. The zero-order valence-electron chi connectivity index (χ0n) is 18.4. The van der Waals surface area contributed by atoms with Gasteiger partial charge in [0.25, 0.3) is 5.91 Å². The Hall–Kier alpha value is -3.30. The van der Waals surface area contributed by atoms with Gasteiger partial charge in [-0.15, -0.1) is 0 Å². The number of rotatable bonds is 8. The van der Waals surface area contributed by atoms with E-state index in [2.05, 4.69) is 15.3 Å². The van der Waals surface area contributed by atoms with Crippen molar-refractivity contribution in [3.63, 3.8) is 0 Å². The van der Waals surface area contributed by atoms with Crippen molar-refractivity contribution in [2.24, 2.45) is 7.05 Å². The molecule has 1 N–H and O–H groups in total. The molecule has 2 aromatic carbocycles. The summed E-state index contributed by atoms with van der Waals surface area (Å²) in [6, 6.07) is 10.2. The summed E-state index contributed by atoms with van der Waals surface area (Å²) in [7, 11) is 1.82. The van der Waals surface area contributed by atoms with E-state index in [-0.39, 0.29) is 5.56 Å². The number of morpholine rings is 1. The van der Waals surface area contributed by atoms with Crippen LogP contribution in [0.3, 0.4) is 0 Å². The van der Waals surface area contributed by atoms with Gasteiger partial charge in [-0.3, -0.25) is 14.4 Å². The van der Waals surface area contributed by atoms with E-state index in [4.69, 9.17) is 9.47 Å². The van der Waals surface area contributed by atoms with E-state index in [0.29, 0.717) is 18.0 Å². The van der Waals surface area contributed by atoms with Crippen LogP contribution in [0, 0.1) is 11.6 Å². The first-order chi connectivity index (χ1) is 16.0. The van der Waals surface area contributed by atoms with Gasteiger partial charge in [0, 0.05) is 49.7 Å². The van der Waals surface area contributed by atoms with Crippen LogP contribution in [0.2, 0.25) is 0 Å². The fourth-order valence-electron chi connectivity index (χ4n) is 3.71. The fourth-order valence-corrected chi connectivity index (χ4v) is 3.71. The summed E-state index contributed by atoms with van der Waals surface area (Å²) >= 11 is 0. The number of nitrogens with zero attached hydrogens (tertiary/aromatic N) is 3. The van der Waals surface area contributed by atoms with Crippen LogP contribution in [0.25, 0.3) is 11.3 Å². The third-order valence-electron chi connectivity index (χ3n) is 5.50. The first-order valence-electron chi connectivity index (χ1n) is 10.8. The second-order valence-corrected chi connectivity index (χ2v) is 7.79. The third kappa shape index (κ3) is 5.74. The van der Waals surface area contributed by atoms with E-state index in [9.17, 15) is 13.6 Å². The van der Waals surface area contributed by atoms with Crippen molar-refractivity contribution in [2.45, 2.75) is 6.42 Å². The molecule has 1 aliphatic heterocycles. The molecule has 0 radical (unpaired) electrons. The van der Waals surface area contributed by atoms with Crippen LogP contribution in [0.1, 0.15) is 16.8 Å². The summed E-state index contributed by atoms with van der Waals surface area (Å²) < 4.78 is 39.9. The molecule has 9 heteroatoms. The first-order valence-corrected chi connectivity index (χ1v) is 10.8. The van der Waals surface area contributed by atoms with Crippen molar-refractivity contribution >= 4 is 11.6 Å². The van der Waals surface area contributed by atoms with Crippen molar-refractivity contribution in [2.75, 3.05) is 44.8 Å². The minimum atomic E-state index is -1.07. The Bertz CT molecular complexity index is 1110. The second kappa shape index (κ2) is 10.5. The summed E-state index contributed by atoms with van der Waals surface area (Å²) in [5.74, 6) is -1.94. The Balaban J connectivity index is 1.47. The van der Waals surface area contributed by atoms with E-state index in [1.807, 2.05) is 13.1 Å². The lowest BCUT2D eigenvalue weighted by Crippen LogP contribution is -2.37. The minimum absolute atomic E-state index is 0.0272. The molecular weight excluding hydrogens is 430 g/mol. The molecule has 0 bridgehead atoms. The lowest BCUT2D eigenvalue weighted by molar-refractivity contribution is 0.0358. The molecule has 0 atom stereocenters. The number of carbonyl (C=O) groups excluding carboxylic acids is 1. The van der Waals surface area contributed by atoms with Gasteiger partial charge in [-0.1, -0.05) is 0 Å². The maximum Gasteiger partial charge on any atom is 0.255 e. The summed E-state index contributed by atoms with van der Waals surface area (Å²) in [5, 5.41) is 6.96. The molecule has 174 valence electrons. The average Bonchev–Trinajstić information content (AvgIpc) is 3.25. The molecule has 1 amide bonds. The summed E-state index contributed by atoms with van der Waals surface area (Å²) in [6.07, 6.45) is 2.56. The highest BCUT2D eigenvalue weighted by molar-refractivity contribution is 6.04. The molecule has 33 heavy (non-hydrogen) atoms. The van der Waals surface area contributed by atoms with Gasteiger partial charge >= 0.3 is 0 Å². The van der Waals surface area contributed by atoms with Crippen molar-refractivity contribution < 1.29 is 23.0 Å². The van der Waals surface area contributed by atoms with Crippen LogP contribution < -0.4 is 10.1 Å². The van der Waals surface area contributed by atoms with Crippen LogP contribution in [0.5, 0.6) is 5.75 Å². The highest BCUT2D eigenvalue weighted by Gasteiger charge is 2.15. The van der Waals surface area contributed by atoms with Crippen LogP contribution >= 0.6 is 0 Å². The van der Waals surface area contributed by atoms with Crippen molar-refractivity contribution in [1.29, 1.82) is 0 Å². The number of benzene rings is 2. The van der Waals surface area contributed by atoms with Gasteiger partial charge in [-0.2, -0.15) is 5.10 Å². The Morgan fingerprint density at radius 3 is 2.67 bits per heavy atom. The molecule has 1 saturated heterocycles. The summed E-state index contributed by atoms with van der Waals surface area (Å²) in [6.45, 7) is 4.89. The lowest BCUT2D eigenvalue weighted by atomic mass is 10.1. The molecule has 1 aromatic heterocycles. The summed E-state index contributed by atoms with van der Waals surface area (Å²) in [5.41, 5.74) is 2.12. The number of anilines is 1. The summed E-state index contributed by atoms with van der Waals surface area (Å²) in [4.78, 5) is 14.9. The molecular formula is C24H26F2N4O3. The molecule has 3 aromatic rings. The Morgan fingerprint density at radius 1 is 1.12 bits per heavy atom. The third-order valence-corrected chi connectivity index (χ3v) is 5.50. The van der Waals surface area contributed by atoms with Gasteiger partial charge in [0.05, 0.1) is 25.5 Å². The molecule has 0 spiro atoms. The average molecular weight is 456 g/mol. The standard InChI is InChI=1S/C24H26F2N4O3/c1-29-22(7-8-27-29)19-16-18(28-24(31)17-3-5-20(25)21(26)15-17)4-6-23(19)33-12-2-9-30-10-13-32-14-11-30/h3-8,15-16H,2,9-14H2,1H3,(H,28,31). The molecule has 0 saturated carbocycles. The normalized spacial score (nSPS) is 14.3. The van der Waals surface area contributed by atoms with Crippen molar-refractivity contribution in [3.05, 3.63) is 65.9 Å². The van der Waals surface area contributed by atoms with Crippen LogP contribution in [0.4, 0.5) is 14.5 Å². The molecule has 0 aliphatic carbocycles. The van der Waals surface area contributed by atoms with Gasteiger partial charge in [-0.05, 0) is 48.9 Å². The quantitative estimate of drug-likeness (QED) is 0.524. The zero-order chi connectivity index (χ0) is 23.2. The van der Waals surface area contributed by atoms with Gasteiger partial charge in [-0.25, -0.2) is 8.78 Å². The number of hydrogen-bond donors (Lipinski definition) is 1. The largest absolute Gasteiger partial charge is 0.493 e. The first kappa shape index (κ1) is 22.9. The predicted octanol–water partition coefficient (Wildman–Crippen LogP) is 3.72. The number of hydrogen-bond acceptors (Lipinski definition) is 5. The van der Waals surface area contributed by atoms with E-state index >= 15 is 0 Å². The SMILES string of the molecule is Cn1nccc1-c1cc(NC(=O)c2ccc(F)c(F)c2)ccc1OCCCN1CCOCC1. The number of aromatic nitrogens is 2. The number of ether oxygens (including phenoxy) is 2. The number of aryl methyl sites for hydroxylation is 1. The number of halogens is 2. The molecule has 7 nitrogen and oxygen atoms in total. The van der Waals surface area contributed by atoms with E-state index < -0.39 is 17.5 Å². The van der Waals surface area contributed by atoms with Gasteiger partial charge in [0.1, 0.15) is 5.75 Å². The Morgan fingerprint density at radius 2 is 1.94 bits per heavy atom. The number of nitrogens with one attached hydrogen (secondary N) is 1. The minimum Gasteiger partial charge on any atom is -0.493 e. The fraction of sp³-hybridized carbons (Fsp3) is 0.333. The van der Waals surface area contributed by atoms with Crippen LogP contribution in [0.15, 0.2) is 48.7 Å². The topological polar surface area (TPSA) is 68.6 Å². The monoisotopic (exact) mass is 456 g/mol. The number of amides is 1. The lowest BCUT2D eigenvalue weighted by Gasteiger charge is -2.26. The molecule has 4 rings (SSSR count). The smallest absolute Gasteiger partial charge is 0.255 e. The molecule has 0 unspecified atom stereocenters. The maximum absolute atomic E-state index is 13.5. The second-order valence-electron chi connectivity index (χ2n) is 7.79. The van der Waals surface area contributed by atoms with Crippen LogP contribution in [-0.4, -0.2) is 60.0 Å². The van der Waals surface area contributed by atoms with E-state index in [1.165, 1.54) is 6.07 Å². The van der Waals surface area contributed by atoms with Crippen molar-refractivity contribution in [1.82, 2.24) is 14.7 Å². The molecule has 1 aliphatic rings. The van der Waals surface area contributed by atoms with E-state index in [1.54, 1.807) is 29.1 Å². The van der Waals surface area contributed by atoms with Gasteiger partial charge < -0.3 is 14.8 Å². The highest BCUT2D eigenvalue weighted by Crippen LogP contribution is 2.32. The predicted molar refractivity (Wildman–Crippen MR) is 120 cm³/mol.